The molecule has 0 atom stereocenters. The Hall–Kier alpha value is -1.36. The molecular formula is C11H18N4O. The standard InChI is InChI=1S/C11H18N4O/c1-3-9-8(2)13-11(14-10(9)12)15-4-6-16-7-5-15/h3-7H2,1-2H3,(H2,12,13,14). The van der Waals surface area contributed by atoms with Gasteiger partial charge in [-0.15, -0.1) is 0 Å². The monoisotopic (exact) mass is 222 g/mol. The Morgan fingerprint density at radius 1 is 1.31 bits per heavy atom. The van der Waals surface area contributed by atoms with Gasteiger partial charge in [-0.05, 0) is 13.3 Å². The Balaban J connectivity index is 2.28. The van der Waals surface area contributed by atoms with E-state index in [4.69, 9.17) is 10.5 Å². The van der Waals surface area contributed by atoms with E-state index in [2.05, 4.69) is 21.8 Å². The van der Waals surface area contributed by atoms with Crippen LogP contribution >= 0.6 is 0 Å². The van der Waals surface area contributed by atoms with E-state index in [1.807, 2.05) is 6.92 Å². The molecule has 5 nitrogen and oxygen atoms in total. The second-order valence-corrected chi connectivity index (χ2v) is 3.93. The van der Waals surface area contributed by atoms with Crippen LogP contribution in [0.1, 0.15) is 18.2 Å². The molecule has 1 saturated heterocycles. The minimum absolute atomic E-state index is 0.608. The van der Waals surface area contributed by atoms with Crippen molar-refractivity contribution in [1.82, 2.24) is 9.97 Å². The summed E-state index contributed by atoms with van der Waals surface area (Å²) in [6.07, 6.45) is 0.876. The quantitative estimate of drug-likeness (QED) is 0.800. The highest BCUT2D eigenvalue weighted by Gasteiger charge is 2.16. The number of nitrogens with zero attached hydrogens (tertiary/aromatic N) is 3. The zero-order valence-corrected chi connectivity index (χ0v) is 9.86. The van der Waals surface area contributed by atoms with Crippen LogP contribution in [0, 0.1) is 6.92 Å². The number of nitrogens with two attached hydrogens (primary N) is 1. The van der Waals surface area contributed by atoms with Gasteiger partial charge < -0.3 is 15.4 Å². The third kappa shape index (κ3) is 2.09. The first-order valence-electron chi connectivity index (χ1n) is 5.68. The van der Waals surface area contributed by atoms with E-state index in [1.165, 1.54) is 0 Å². The summed E-state index contributed by atoms with van der Waals surface area (Å²) < 4.78 is 5.30. The van der Waals surface area contributed by atoms with E-state index < -0.39 is 0 Å². The maximum atomic E-state index is 5.93. The molecule has 0 bridgehead atoms. The van der Waals surface area contributed by atoms with Crippen molar-refractivity contribution < 1.29 is 4.74 Å². The Morgan fingerprint density at radius 3 is 2.56 bits per heavy atom. The Kier molecular flexibility index (Phi) is 3.24. The van der Waals surface area contributed by atoms with Crippen molar-refractivity contribution in [2.24, 2.45) is 0 Å². The number of ether oxygens (including phenoxy) is 1. The van der Waals surface area contributed by atoms with Gasteiger partial charge in [0.2, 0.25) is 5.95 Å². The smallest absolute Gasteiger partial charge is 0.227 e. The van der Waals surface area contributed by atoms with Crippen LogP contribution < -0.4 is 10.6 Å². The lowest BCUT2D eigenvalue weighted by molar-refractivity contribution is 0.122. The van der Waals surface area contributed by atoms with Gasteiger partial charge >= 0.3 is 0 Å². The summed E-state index contributed by atoms with van der Waals surface area (Å²) >= 11 is 0. The first kappa shape index (κ1) is 11.1. The van der Waals surface area contributed by atoms with Gasteiger partial charge in [0.25, 0.3) is 0 Å². The van der Waals surface area contributed by atoms with Crippen molar-refractivity contribution in [2.45, 2.75) is 20.3 Å². The van der Waals surface area contributed by atoms with Crippen LogP contribution in [0.15, 0.2) is 0 Å². The Bertz CT molecular complexity index is 351. The van der Waals surface area contributed by atoms with Gasteiger partial charge in [0.15, 0.2) is 0 Å². The summed E-state index contributed by atoms with van der Waals surface area (Å²) in [4.78, 5) is 11.0. The van der Waals surface area contributed by atoms with Gasteiger partial charge in [0.1, 0.15) is 5.82 Å². The van der Waals surface area contributed by atoms with E-state index in [9.17, 15) is 0 Å². The fourth-order valence-corrected chi connectivity index (χ4v) is 1.94. The van der Waals surface area contributed by atoms with Crippen LogP contribution in [0.25, 0.3) is 0 Å². The number of aromatic nitrogens is 2. The Morgan fingerprint density at radius 2 is 2.00 bits per heavy atom. The zero-order chi connectivity index (χ0) is 11.5. The molecule has 0 aromatic carbocycles. The van der Waals surface area contributed by atoms with Gasteiger partial charge in [0.05, 0.1) is 13.2 Å². The van der Waals surface area contributed by atoms with Crippen molar-refractivity contribution in [3.8, 4) is 0 Å². The molecule has 1 aromatic heterocycles. The van der Waals surface area contributed by atoms with E-state index in [0.717, 1.165) is 49.9 Å². The highest BCUT2D eigenvalue weighted by atomic mass is 16.5. The molecule has 16 heavy (non-hydrogen) atoms. The van der Waals surface area contributed by atoms with E-state index in [1.54, 1.807) is 0 Å². The number of rotatable bonds is 2. The van der Waals surface area contributed by atoms with Crippen molar-refractivity contribution in [2.75, 3.05) is 36.9 Å². The predicted octanol–water partition coefficient (Wildman–Crippen LogP) is 0.766. The predicted molar refractivity (Wildman–Crippen MR) is 63.6 cm³/mol. The fourth-order valence-electron chi connectivity index (χ4n) is 1.94. The van der Waals surface area contributed by atoms with E-state index >= 15 is 0 Å². The van der Waals surface area contributed by atoms with Crippen LogP contribution in [0.5, 0.6) is 0 Å². The summed E-state index contributed by atoms with van der Waals surface area (Å²) in [6, 6.07) is 0. The highest BCUT2D eigenvalue weighted by Crippen LogP contribution is 2.18. The average Bonchev–Trinajstić information content (AvgIpc) is 2.30. The fraction of sp³-hybridized carbons (Fsp3) is 0.636. The van der Waals surface area contributed by atoms with Gasteiger partial charge in [-0.25, -0.2) is 4.98 Å². The van der Waals surface area contributed by atoms with Crippen LogP contribution in [0.4, 0.5) is 11.8 Å². The van der Waals surface area contributed by atoms with Crippen molar-refractivity contribution in [3.05, 3.63) is 11.3 Å². The zero-order valence-electron chi connectivity index (χ0n) is 9.86. The van der Waals surface area contributed by atoms with Gasteiger partial charge in [0, 0.05) is 24.3 Å². The van der Waals surface area contributed by atoms with Gasteiger partial charge in [-0.3, -0.25) is 0 Å². The number of morpholine rings is 1. The second kappa shape index (κ2) is 4.65. The minimum Gasteiger partial charge on any atom is -0.383 e. The molecule has 1 aliphatic heterocycles. The molecule has 1 aliphatic rings. The largest absolute Gasteiger partial charge is 0.383 e. The molecule has 0 unspecified atom stereocenters. The molecule has 0 amide bonds. The lowest BCUT2D eigenvalue weighted by Crippen LogP contribution is -2.37. The van der Waals surface area contributed by atoms with Crippen LogP contribution in [-0.4, -0.2) is 36.3 Å². The van der Waals surface area contributed by atoms with Crippen molar-refractivity contribution in [3.63, 3.8) is 0 Å². The maximum Gasteiger partial charge on any atom is 0.227 e. The van der Waals surface area contributed by atoms with E-state index in [0.29, 0.717) is 5.82 Å². The van der Waals surface area contributed by atoms with Crippen molar-refractivity contribution >= 4 is 11.8 Å². The summed E-state index contributed by atoms with van der Waals surface area (Å²) in [7, 11) is 0. The molecule has 0 aliphatic carbocycles. The van der Waals surface area contributed by atoms with E-state index in [-0.39, 0.29) is 0 Å². The van der Waals surface area contributed by atoms with Gasteiger partial charge in [-0.1, -0.05) is 6.92 Å². The molecule has 0 spiro atoms. The maximum absolute atomic E-state index is 5.93. The summed E-state index contributed by atoms with van der Waals surface area (Å²) in [5.74, 6) is 1.34. The number of hydrogen-bond acceptors (Lipinski definition) is 5. The third-order valence-corrected chi connectivity index (χ3v) is 2.88. The first-order valence-corrected chi connectivity index (χ1v) is 5.68. The first-order chi connectivity index (χ1) is 7.72. The molecule has 2 heterocycles. The van der Waals surface area contributed by atoms with Crippen LogP contribution in [0.2, 0.25) is 0 Å². The normalized spacial score (nSPS) is 16.5. The molecule has 88 valence electrons. The number of nitrogen functional groups attached to an aromatic ring is 1. The molecule has 5 heteroatoms. The summed E-state index contributed by atoms with van der Waals surface area (Å²) in [5.41, 5.74) is 7.97. The van der Waals surface area contributed by atoms with Gasteiger partial charge in [-0.2, -0.15) is 4.98 Å². The molecule has 0 radical (unpaired) electrons. The number of aryl methyl sites for hydroxylation is 1. The van der Waals surface area contributed by atoms with Crippen LogP contribution in [0.3, 0.4) is 0 Å². The molecule has 0 saturated carbocycles. The average molecular weight is 222 g/mol. The molecule has 2 rings (SSSR count). The molecular weight excluding hydrogens is 204 g/mol. The third-order valence-electron chi connectivity index (χ3n) is 2.88. The lowest BCUT2D eigenvalue weighted by Gasteiger charge is -2.27. The molecule has 2 N–H and O–H groups in total. The molecule has 1 aromatic rings. The summed E-state index contributed by atoms with van der Waals surface area (Å²) in [5, 5.41) is 0. The summed E-state index contributed by atoms with van der Waals surface area (Å²) in [6.45, 7) is 7.20. The number of hydrogen-bond donors (Lipinski definition) is 1. The number of anilines is 2. The highest BCUT2D eigenvalue weighted by molar-refractivity contribution is 5.47. The van der Waals surface area contributed by atoms with Crippen molar-refractivity contribution in [1.29, 1.82) is 0 Å². The minimum atomic E-state index is 0.608. The SMILES string of the molecule is CCc1c(C)nc(N2CCOCC2)nc1N. The molecule has 1 fully saturated rings. The second-order valence-electron chi connectivity index (χ2n) is 3.93. The topological polar surface area (TPSA) is 64.3 Å². The van der Waals surface area contributed by atoms with Crippen LogP contribution in [-0.2, 0) is 11.2 Å². The Labute approximate surface area is 95.6 Å². The lowest BCUT2D eigenvalue weighted by atomic mass is 10.2.